The van der Waals surface area contributed by atoms with Crippen molar-refractivity contribution in [2.24, 2.45) is 0 Å². The van der Waals surface area contributed by atoms with Crippen LogP contribution in [0.25, 0.3) is 0 Å². The highest BCUT2D eigenvalue weighted by atomic mass is 16.5. The number of piperidine rings is 1. The van der Waals surface area contributed by atoms with Gasteiger partial charge in [-0.15, -0.1) is 5.10 Å². The van der Waals surface area contributed by atoms with E-state index in [1.54, 1.807) is 18.3 Å². The Bertz CT molecular complexity index is 758. The second kappa shape index (κ2) is 6.92. The first kappa shape index (κ1) is 16.2. The quantitative estimate of drug-likeness (QED) is 0.855. The molecule has 0 bridgehead atoms. The third-order valence-electron chi connectivity index (χ3n) is 5.10. The molecule has 132 valence electrons. The fourth-order valence-electron chi connectivity index (χ4n) is 3.89. The first-order valence-electron chi connectivity index (χ1n) is 9.04. The van der Waals surface area contributed by atoms with Crippen molar-refractivity contribution in [3.63, 3.8) is 0 Å². The molecule has 1 fully saturated rings. The lowest BCUT2D eigenvalue weighted by molar-refractivity contribution is 0.0589. The Labute approximate surface area is 147 Å². The van der Waals surface area contributed by atoms with Gasteiger partial charge in [0.1, 0.15) is 0 Å². The summed E-state index contributed by atoms with van der Waals surface area (Å²) in [4.78, 5) is 14.9. The number of carbonyl (C=O) groups excluding carboxylic acids is 1. The van der Waals surface area contributed by atoms with Crippen molar-refractivity contribution in [2.45, 2.75) is 51.8 Å². The highest BCUT2D eigenvalue weighted by molar-refractivity contribution is 5.92. The molecular weight excluding hydrogens is 318 g/mol. The zero-order chi connectivity index (χ0) is 17.2. The Balaban J connectivity index is 1.70. The Hall–Kier alpha value is -2.28. The SMILES string of the molecule is CCn1nc(C2CCCCN2C(=O)c2cccnn2)c2c1CCOC2. The Kier molecular flexibility index (Phi) is 4.48. The molecule has 1 saturated heterocycles. The smallest absolute Gasteiger partial charge is 0.274 e. The third kappa shape index (κ3) is 2.93. The summed E-state index contributed by atoms with van der Waals surface area (Å²) < 4.78 is 7.76. The van der Waals surface area contributed by atoms with E-state index in [-0.39, 0.29) is 11.9 Å². The van der Waals surface area contributed by atoms with Gasteiger partial charge >= 0.3 is 0 Å². The molecule has 0 aromatic carbocycles. The Morgan fingerprint density at radius 3 is 3.12 bits per heavy atom. The van der Waals surface area contributed by atoms with Crippen molar-refractivity contribution in [2.75, 3.05) is 13.2 Å². The maximum Gasteiger partial charge on any atom is 0.274 e. The minimum absolute atomic E-state index is 0.00786. The van der Waals surface area contributed by atoms with Gasteiger partial charge in [0.25, 0.3) is 5.91 Å². The summed E-state index contributed by atoms with van der Waals surface area (Å²) in [6.07, 6.45) is 5.51. The van der Waals surface area contributed by atoms with Gasteiger partial charge in [-0.1, -0.05) is 0 Å². The van der Waals surface area contributed by atoms with Gasteiger partial charge in [0.2, 0.25) is 0 Å². The molecule has 4 rings (SSSR count). The van der Waals surface area contributed by atoms with Crippen LogP contribution in [0, 0.1) is 0 Å². The van der Waals surface area contributed by atoms with Gasteiger partial charge in [0, 0.05) is 37.0 Å². The van der Waals surface area contributed by atoms with E-state index in [1.807, 2.05) is 4.90 Å². The summed E-state index contributed by atoms with van der Waals surface area (Å²) >= 11 is 0. The molecule has 0 radical (unpaired) electrons. The number of nitrogens with zero attached hydrogens (tertiary/aromatic N) is 5. The maximum atomic E-state index is 13.0. The van der Waals surface area contributed by atoms with Gasteiger partial charge in [-0.2, -0.15) is 10.2 Å². The van der Waals surface area contributed by atoms with Crippen LogP contribution in [0.2, 0.25) is 0 Å². The molecule has 2 aliphatic heterocycles. The van der Waals surface area contributed by atoms with Gasteiger partial charge in [-0.25, -0.2) is 0 Å². The number of likely N-dealkylation sites (tertiary alicyclic amines) is 1. The van der Waals surface area contributed by atoms with E-state index in [2.05, 4.69) is 21.8 Å². The van der Waals surface area contributed by atoms with Crippen LogP contribution in [0.4, 0.5) is 0 Å². The summed E-state index contributed by atoms with van der Waals surface area (Å²) in [6.45, 7) is 5.01. The van der Waals surface area contributed by atoms with Crippen LogP contribution in [0.3, 0.4) is 0 Å². The van der Waals surface area contributed by atoms with E-state index in [4.69, 9.17) is 9.84 Å². The lowest BCUT2D eigenvalue weighted by Gasteiger charge is -2.35. The zero-order valence-corrected chi connectivity index (χ0v) is 14.5. The number of fused-ring (bicyclic) bond motifs is 1. The van der Waals surface area contributed by atoms with E-state index < -0.39 is 0 Å². The molecule has 25 heavy (non-hydrogen) atoms. The van der Waals surface area contributed by atoms with E-state index in [9.17, 15) is 4.79 Å². The average molecular weight is 341 g/mol. The maximum absolute atomic E-state index is 13.0. The summed E-state index contributed by atoms with van der Waals surface area (Å²) in [5.41, 5.74) is 3.85. The van der Waals surface area contributed by atoms with Crippen molar-refractivity contribution in [3.05, 3.63) is 41.0 Å². The molecule has 0 N–H and O–H groups in total. The monoisotopic (exact) mass is 341 g/mol. The van der Waals surface area contributed by atoms with Crippen LogP contribution < -0.4 is 0 Å². The fraction of sp³-hybridized carbons (Fsp3) is 0.556. The number of aryl methyl sites for hydroxylation is 1. The molecule has 7 heteroatoms. The second-order valence-electron chi connectivity index (χ2n) is 6.55. The van der Waals surface area contributed by atoms with E-state index in [0.29, 0.717) is 12.3 Å². The molecule has 4 heterocycles. The molecule has 7 nitrogen and oxygen atoms in total. The van der Waals surface area contributed by atoms with Crippen LogP contribution in [-0.4, -0.2) is 43.9 Å². The van der Waals surface area contributed by atoms with Gasteiger partial charge in [0.15, 0.2) is 5.69 Å². The van der Waals surface area contributed by atoms with Crippen LogP contribution >= 0.6 is 0 Å². The van der Waals surface area contributed by atoms with Crippen molar-refractivity contribution in [1.29, 1.82) is 0 Å². The minimum Gasteiger partial charge on any atom is -0.376 e. The predicted molar refractivity (Wildman–Crippen MR) is 90.9 cm³/mol. The topological polar surface area (TPSA) is 73.1 Å². The zero-order valence-electron chi connectivity index (χ0n) is 14.5. The first-order valence-corrected chi connectivity index (χ1v) is 9.04. The third-order valence-corrected chi connectivity index (χ3v) is 5.10. The number of hydrogen-bond donors (Lipinski definition) is 0. The number of amides is 1. The molecule has 1 amide bonds. The van der Waals surface area contributed by atoms with E-state index >= 15 is 0 Å². The first-order chi connectivity index (χ1) is 12.3. The second-order valence-corrected chi connectivity index (χ2v) is 6.55. The fourth-order valence-corrected chi connectivity index (χ4v) is 3.89. The largest absolute Gasteiger partial charge is 0.376 e. The van der Waals surface area contributed by atoms with Crippen molar-refractivity contribution >= 4 is 5.91 Å². The average Bonchev–Trinajstić information content (AvgIpc) is 3.07. The van der Waals surface area contributed by atoms with Crippen molar-refractivity contribution in [3.8, 4) is 0 Å². The number of aromatic nitrogens is 4. The summed E-state index contributed by atoms with van der Waals surface area (Å²) in [5.74, 6) is -0.0608. The van der Waals surface area contributed by atoms with Crippen LogP contribution in [-0.2, 0) is 24.3 Å². The molecule has 2 aromatic rings. The molecule has 1 atom stereocenters. The highest BCUT2D eigenvalue weighted by Crippen LogP contribution is 2.35. The summed E-state index contributed by atoms with van der Waals surface area (Å²) in [6, 6.07) is 3.47. The molecule has 1 unspecified atom stereocenters. The Morgan fingerprint density at radius 1 is 1.40 bits per heavy atom. The number of rotatable bonds is 3. The van der Waals surface area contributed by atoms with Crippen molar-refractivity contribution in [1.82, 2.24) is 24.9 Å². The molecule has 0 saturated carbocycles. The summed E-state index contributed by atoms with van der Waals surface area (Å²) in [5, 5.41) is 12.7. The van der Waals surface area contributed by atoms with Crippen LogP contribution in [0.1, 0.15) is 59.7 Å². The number of ether oxygens (including phenoxy) is 1. The molecule has 2 aliphatic rings. The van der Waals surface area contributed by atoms with E-state index in [0.717, 1.165) is 51.1 Å². The number of carbonyl (C=O) groups is 1. The Morgan fingerprint density at radius 2 is 2.32 bits per heavy atom. The minimum atomic E-state index is -0.0608. The van der Waals surface area contributed by atoms with Gasteiger partial charge in [-0.3, -0.25) is 9.48 Å². The summed E-state index contributed by atoms with van der Waals surface area (Å²) in [7, 11) is 0. The lowest BCUT2D eigenvalue weighted by atomic mass is 9.95. The van der Waals surface area contributed by atoms with Gasteiger partial charge in [-0.05, 0) is 38.3 Å². The molecule has 0 spiro atoms. The highest BCUT2D eigenvalue weighted by Gasteiger charge is 2.34. The van der Waals surface area contributed by atoms with Crippen LogP contribution in [0.15, 0.2) is 18.3 Å². The predicted octanol–water partition coefficient (Wildman–Crippen LogP) is 2.13. The van der Waals surface area contributed by atoms with Gasteiger partial charge in [0.05, 0.1) is 24.9 Å². The van der Waals surface area contributed by atoms with E-state index in [1.165, 1.54) is 11.3 Å². The van der Waals surface area contributed by atoms with Crippen LogP contribution in [0.5, 0.6) is 0 Å². The molecule has 2 aromatic heterocycles. The number of hydrogen-bond acceptors (Lipinski definition) is 5. The van der Waals surface area contributed by atoms with Gasteiger partial charge < -0.3 is 9.64 Å². The normalized spacial score (nSPS) is 20.4. The molecular formula is C18H23N5O2. The molecule has 0 aliphatic carbocycles. The van der Waals surface area contributed by atoms with Crippen molar-refractivity contribution < 1.29 is 9.53 Å². The standard InChI is InChI=1S/C18H23N5O2/c1-2-23-15-8-11-25-12-13(15)17(21-23)16-7-3-4-10-22(16)18(24)14-6-5-9-19-20-14/h5-6,9,16H,2-4,7-8,10-12H2,1H3. The lowest BCUT2D eigenvalue weighted by Crippen LogP contribution is -2.39.